The highest BCUT2D eigenvalue weighted by Crippen LogP contribution is 2.57. The summed E-state index contributed by atoms with van der Waals surface area (Å²) in [7, 11) is 0. The predicted molar refractivity (Wildman–Crippen MR) is 170 cm³/mol. The predicted octanol–water partition coefficient (Wildman–Crippen LogP) is 11.1. The summed E-state index contributed by atoms with van der Waals surface area (Å²) in [6.07, 6.45) is 4.01. The molecule has 2 aliphatic rings. The van der Waals surface area contributed by atoms with Gasteiger partial charge in [-0.25, -0.2) is 0 Å². The number of hydrogen-bond donors (Lipinski definition) is 0. The van der Waals surface area contributed by atoms with Crippen LogP contribution >= 0.6 is 0 Å². The Labute approximate surface area is 236 Å². The highest BCUT2D eigenvalue weighted by Gasteiger charge is 2.38. The zero-order valence-electron chi connectivity index (χ0n) is 23.2. The standard InChI is InChI=1S/C39H33N/c1-25-14-20-29(21-15-25)40(30-22-16-26(2)17-23-30)39-34-10-5-3-8-32(34)38(33-9-4-6-11-35(33)39)36-13-7-12-31-27-18-19-28(24-27)37(31)36/h3-17,20-23,27-28H,18-19,24H2,1-2H3. The van der Waals surface area contributed by atoms with E-state index in [4.69, 9.17) is 0 Å². The van der Waals surface area contributed by atoms with Crippen LogP contribution in [0.4, 0.5) is 17.1 Å². The molecule has 0 saturated heterocycles. The Morgan fingerprint density at radius 1 is 0.525 bits per heavy atom. The van der Waals surface area contributed by atoms with Gasteiger partial charge in [0.15, 0.2) is 0 Å². The smallest absolute Gasteiger partial charge is 0.0618 e. The molecule has 2 unspecified atom stereocenters. The van der Waals surface area contributed by atoms with Crippen molar-refractivity contribution in [2.45, 2.75) is 44.9 Å². The van der Waals surface area contributed by atoms with Crippen LogP contribution in [0, 0.1) is 13.8 Å². The van der Waals surface area contributed by atoms with Crippen molar-refractivity contribution in [3.63, 3.8) is 0 Å². The molecule has 0 aromatic heterocycles. The van der Waals surface area contributed by atoms with E-state index in [0.29, 0.717) is 5.92 Å². The van der Waals surface area contributed by atoms with E-state index in [1.165, 1.54) is 80.1 Å². The molecule has 0 N–H and O–H groups in total. The Balaban J connectivity index is 1.48. The fourth-order valence-corrected chi connectivity index (χ4v) is 7.57. The van der Waals surface area contributed by atoms with Crippen molar-refractivity contribution in [2.75, 3.05) is 4.90 Å². The molecule has 0 aliphatic heterocycles. The maximum Gasteiger partial charge on any atom is 0.0618 e. The monoisotopic (exact) mass is 515 g/mol. The molecular weight excluding hydrogens is 482 g/mol. The van der Waals surface area contributed by atoms with Crippen LogP contribution in [0.1, 0.15) is 53.4 Å². The Hall–Kier alpha value is -4.36. The maximum atomic E-state index is 2.46. The zero-order valence-corrected chi connectivity index (χ0v) is 23.2. The molecule has 0 amide bonds. The van der Waals surface area contributed by atoms with Crippen LogP contribution in [0.25, 0.3) is 32.7 Å². The fourth-order valence-electron chi connectivity index (χ4n) is 7.57. The van der Waals surface area contributed by atoms with Gasteiger partial charge in [0.05, 0.1) is 5.69 Å². The lowest BCUT2D eigenvalue weighted by atomic mass is 9.82. The van der Waals surface area contributed by atoms with Crippen molar-refractivity contribution in [3.8, 4) is 11.1 Å². The quantitative estimate of drug-likeness (QED) is 0.211. The van der Waals surface area contributed by atoms with Crippen LogP contribution in [0.3, 0.4) is 0 Å². The van der Waals surface area contributed by atoms with Crippen molar-refractivity contribution in [3.05, 3.63) is 138 Å². The van der Waals surface area contributed by atoms with E-state index < -0.39 is 0 Å². The van der Waals surface area contributed by atoms with Gasteiger partial charge in [-0.05, 0) is 102 Å². The van der Waals surface area contributed by atoms with Gasteiger partial charge in [0.25, 0.3) is 0 Å². The highest BCUT2D eigenvalue weighted by molar-refractivity contribution is 6.22. The van der Waals surface area contributed by atoms with Gasteiger partial charge in [-0.1, -0.05) is 102 Å². The normalized spacial score (nSPS) is 17.4. The lowest BCUT2D eigenvalue weighted by Crippen LogP contribution is -2.11. The molecule has 1 saturated carbocycles. The molecule has 2 aliphatic carbocycles. The van der Waals surface area contributed by atoms with Gasteiger partial charge in [-0.3, -0.25) is 0 Å². The molecule has 0 heterocycles. The fraction of sp³-hybridized carbons (Fsp3) is 0.179. The van der Waals surface area contributed by atoms with E-state index in [0.717, 1.165) is 5.92 Å². The number of rotatable bonds is 4. The first-order chi connectivity index (χ1) is 19.7. The molecule has 6 aromatic rings. The van der Waals surface area contributed by atoms with Gasteiger partial charge >= 0.3 is 0 Å². The van der Waals surface area contributed by atoms with Gasteiger partial charge in [0, 0.05) is 22.1 Å². The largest absolute Gasteiger partial charge is 0.309 e. The molecule has 40 heavy (non-hydrogen) atoms. The minimum atomic E-state index is 0.699. The Bertz CT molecular complexity index is 1790. The van der Waals surface area contributed by atoms with Crippen LogP contribution in [0.2, 0.25) is 0 Å². The minimum Gasteiger partial charge on any atom is -0.309 e. The molecule has 1 heteroatoms. The van der Waals surface area contributed by atoms with Gasteiger partial charge in [0.2, 0.25) is 0 Å². The SMILES string of the molecule is Cc1ccc(N(c2ccc(C)cc2)c2c3ccccc3c(-c3cccc4c3C3CCC4C3)c3ccccc23)cc1. The summed E-state index contributed by atoms with van der Waals surface area (Å²) in [6, 6.07) is 43.2. The first kappa shape index (κ1) is 23.5. The van der Waals surface area contributed by atoms with E-state index in [-0.39, 0.29) is 0 Å². The lowest BCUT2D eigenvalue weighted by molar-refractivity contribution is 0.719. The van der Waals surface area contributed by atoms with Crippen molar-refractivity contribution >= 4 is 38.6 Å². The maximum absolute atomic E-state index is 2.46. The Kier molecular flexibility index (Phi) is 5.35. The van der Waals surface area contributed by atoms with Crippen LogP contribution in [0.15, 0.2) is 115 Å². The molecule has 0 spiro atoms. The summed E-state index contributed by atoms with van der Waals surface area (Å²) in [4.78, 5) is 2.46. The topological polar surface area (TPSA) is 3.24 Å². The summed E-state index contributed by atoms with van der Waals surface area (Å²) in [5, 5.41) is 5.24. The van der Waals surface area contributed by atoms with Crippen LogP contribution in [0.5, 0.6) is 0 Å². The molecule has 2 atom stereocenters. The minimum absolute atomic E-state index is 0.699. The van der Waals surface area contributed by atoms with Crippen molar-refractivity contribution in [2.24, 2.45) is 0 Å². The third-order valence-corrected chi connectivity index (χ3v) is 9.40. The Morgan fingerprint density at radius 2 is 1.05 bits per heavy atom. The van der Waals surface area contributed by atoms with Crippen LogP contribution in [-0.4, -0.2) is 0 Å². The third kappa shape index (κ3) is 3.54. The number of nitrogens with zero attached hydrogens (tertiary/aromatic N) is 1. The van der Waals surface area contributed by atoms with E-state index in [2.05, 4.69) is 134 Å². The second kappa shape index (κ2) is 9.10. The van der Waals surface area contributed by atoms with Crippen LogP contribution in [-0.2, 0) is 0 Å². The van der Waals surface area contributed by atoms with Gasteiger partial charge in [-0.15, -0.1) is 0 Å². The highest BCUT2D eigenvalue weighted by atomic mass is 15.1. The second-order valence-corrected chi connectivity index (χ2v) is 11.8. The molecule has 8 rings (SSSR count). The van der Waals surface area contributed by atoms with E-state index in [9.17, 15) is 0 Å². The average molecular weight is 516 g/mol. The first-order valence-corrected chi connectivity index (χ1v) is 14.7. The summed E-state index contributed by atoms with van der Waals surface area (Å²) in [5.41, 5.74) is 12.2. The lowest BCUT2D eigenvalue weighted by Gasteiger charge is -2.30. The van der Waals surface area contributed by atoms with Gasteiger partial charge < -0.3 is 4.90 Å². The van der Waals surface area contributed by atoms with Crippen molar-refractivity contribution < 1.29 is 0 Å². The van der Waals surface area contributed by atoms with Crippen molar-refractivity contribution in [1.29, 1.82) is 0 Å². The number of aryl methyl sites for hydroxylation is 2. The molecule has 1 nitrogen and oxygen atoms in total. The van der Waals surface area contributed by atoms with Crippen LogP contribution < -0.4 is 4.90 Å². The summed E-state index contributed by atoms with van der Waals surface area (Å²) >= 11 is 0. The Morgan fingerprint density at radius 3 is 1.62 bits per heavy atom. The van der Waals surface area contributed by atoms with E-state index >= 15 is 0 Å². The summed E-state index contributed by atoms with van der Waals surface area (Å²) in [6.45, 7) is 4.31. The zero-order chi connectivity index (χ0) is 26.8. The van der Waals surface area contributed by atoms with Crippen molar-refractivity contribution in [1.82, 2.24) is 0 Å². The molecule has 6 aromatic carbocycles. The molecule has 1 fully saturated rings. The molecule has 0 radical (unpaired) electrons. The van der Waals surface area contributed by atoms with Gasteiger partial charge in [-0.2, -0.15) is 0 Å². The number of fused-ring (bicyclic) bond motifs is 7. The third-order valence-electron chi connectivity index (χ3n) is 9.40. The first-order valence-electron chi connectivity index (χ1n) is 14.7. The average Bonchev–Trinajstić information content (AvgIpc) is 3.62. The second-order valence-electron chi connectivity index (χ2n) is 11.8. The van der Waals surface area contributed by atoms with Gasteiger partial charge in [0.1, 0.15) is 0 Å². The number of hydrogen-bond acceptors (Lipinski definition) is 1. The summed E-state index contributed by atoms with van der Waals surface area (Å²) < 4.78 is 0. The molecule has 2 bridgehead atoms. The molecule has 194 valence electrons. The number of benzene rings is 6. The molecular formula is C39H33N. The van der Waals surface area contributed by atoms with E-state index in [1.807, 2.05) is 0 Å². The van der Waals surface area contributed by atoms with E-state index in [1.54, 1.807) is 11.1 Å². The number of anilines is 3. The summed E-state index contributed by atoms with van der Waals surface area (Å²) in [5.74, 6) is 1.44.